The van der Waals surface area contributed by atoms with Gasteiger partial charge >= 0.3 is 0 Å². The van der Waals surface area contributed by atoms with Gasteiger partial charge in [0.1, 0.15) is 0 Å². The van der Waals surface area contributed by atoms with E-state index in [-0.39, 0.29) is 37.6 Å². The largest absolute Gasteiger partial charge is 0.490 e. The maximum absolute atomic E-state index is 12.7. The van der Waals surface area contributed by atoms with Crippen LogP contribution in [0.4, 0.5) is 11.4 Å². The topological polar surface area (TPSA) is 91.7 Å². The van der Waals surface area contributed by atoms with Gasteiger partial charge in [0.25, 0.3) is 0 Å². The average molecular weight is 409 g/mol. The molecule has 158 valence electrons. The predicted octanol–water partition coefficient (Wildman–Crippen LogP) is 4.15. The molecule has 1 N–H and O–H groups in total. The Morgan fingerprint density at radius 1 is 1.00 bits per heavy atom. The van der Waals surface area contributed by atoms with Gasteiger partial charge in [0, 0.05) is 36.8 Å². The predicted molar refractivity (Wildman–Crippen MR) is 116 cm³/mol. The Hall–Kier alpha value is -3.53. The van der Waals surface area contributed by atoms with Crippen molar-refractivity contribution in [2.75, 3.05) is 30.0 Å². The van der Waals surface area contributed by atoms with E-state index in [1.165, 1.54) is 0 Å². The number of rotatable bonds is 11. The molecule has 0 atom stereocenters. The fourth-order valence-electron chi connectivity index (χ4n) is 2.88. The molecule has 30 heavy (non-hydrogen) atoms. The van der Waals surface area contributed by atoms with Crippen LogP contribution >= 0.6 is 0 Å². The Morgan fingerprint density at radius 2 is 1.70 bits per heavy atom. The molecule has 7 nitrogen and oxygen atoms in total. The Balaban J connectivity index is 1.98. The highest BCUT2D eigenvalue weighted by molar-refractivity contribution is 5.98. The summed E-state index contributed by atoms with van der Waals surface area (Å²) in [6.07, 6.45) is 0.298. The smallest absolute Gasteiger partial charge is 0.227 e. The zero-order valence-corrected chi connectivity index (χ0v) is 17.4. The molecule has 2 aromatic carbocycles. The summed E-state index contributed by atoms with van der Waals surface area (Å²) < 4.78 is 11.1. The lowest BCUT2D eigenvalue weighted by atomic mass is 10.2. The molecule has 0 spiro atoms. The second-order valence-corrected chi connectivity index (χ2v) is 6.36. The van der Waals surface area contributed by atoms with E-state index in [1.807, 2.05) is 44.2 Å². The molecule has 2 amide bonds. The van der Waals surface area contributed by atoms with Gasteiger partial charge in [0.05, 0.1) is 25.7 Å². The maximum Gasteiger partial charge on any atom is 0.227 e. The molecule has 0 aliphatic rings. The molecule has 7 heteroatoms. The molecular formula is C23H27N3O4. The zero-order chi connectivity index (χ0) is 21.8. The number of nitriles is 1. The van der Waals surface area contributed by atoms with Gasteiger partial charge in [-0.05, 0) is 38.1 Å². The third-order valence-corrected chi connectivity index (χ3v) is 4.21. The highest BCUT2D eigenvalue weighted by Gasteiger charge is 2.17. The number of amides is 2. The number of carbonyl (C=O) groups is 2. The van der Waals surface area contributed by atoms with Crippen LogP contribution in [0.15, 0.2) is 48.5 Å². The summed E-state index contributed by atoms with van der Waals surface area (Å²) in [7, 11) is 0. The van der Waals surface area contributed by atoms with Gasteiger partial charge in [-0.15, -0.1) is 0 Å². The summed E-state index contributed by atoms with van der Waals surface area (Å²) in [5.74, 6) is 0.694. The number of ether oxygens (including phenoxy) is 2. The second kappa shape index (κ2) is 12.1. The van der Waals surface area contributed by atoms with Crippen molar-refractivity contribution in [1.82, 2.24) is 0 Å². The number of nitrogens with one attached hydrogen (secondary N) is 1. The van der Waals surface area contributed by atoms with Crippen molar-refractivity contribution in [3.05, 3.63) is 48.5 Å². The Labute approximate surface area is 177 Å². The molecule has 0 aliphatic carbocycles. The lowest BCUT2D eigenvalue weighted by Gasteiger charge is -2.21. The maximum atomic E-state index is 12.7. The highest BCUT2D eigenvalue weighted by Crippen LogP contribution is 2.30. The molecule has 0 aliphatic heterocycles. The number of carbonyl (C=O) groups excluding carboxylic acids is 2. The van der Waals surface area contributed by atoms with E-state index < -0.39 is 0 Å². The first-order valence-electron chi connectivity index (χ1n) is 10.0. The molecule has 0 heterocycles. The SMILES string of the molecule is CCOc1ccc(NC(=O)CCC(=O)N(CCC#N)c2ccccc2)cc1OCC. The van der Waals surface area contributed by atoms with Crippen molar-refractivity contribution in [3.63, 3.8) is 0 Å². The van der Waals surface area contributed by atoms with E-state index in [4.69, 9.17) is 14.7 Å². The Morgan fingerprint density at radius 3 is 2.37 bits per heavy atom. The average Bonchev–Trinajstić information content (AvgIpc) is 2.75. The van der Waals surface area contributed by atoms with Crippen LogP contribution in [-0.4, -0.2) is 31.6 Å². The normalized spacial score (nSPS) is 10.0. The van der Waals surface area contributed by atoms with Gasteiger partial charge < -0.3 is 19.7 Å². The molecule has 0 bridgehead atoms. The van der Waals surface area contributed by atoms with Crippen LogP contribution in [0.5, 0.6) is 11.5 Å². The minimum absolute atomic E-state index is 0.0336. The van der Waals surface area contributed by atoms with Gasteiger partial charge in [0.15, 0.2) is 11.5 Å². The van der Waals surface area contributed by atoms with Gasteiger partial charge in [0.2, 0.25) is 11.8 Å². The van der Waals surface area contributed by atoms with Crippen molar-refractivity contribution in [2.45, 2.75) is 33.1 Å². The molecule has 2 aromatic rings. The number of benzene rings is 2. The first-order chi connectivity index (χ1) is 14.6. The molecule has 0 fully saturated rings. The molecule has 0 saturated carbocycles. The fourth-order valence-corrected chi connectivity index (χ4v) is 2.88. The Kier molecular flexibility index (Phi) is 9.19. The summed E-state index contributed by atoms with van der Waals surface area (Å²) in [5, 5.41) is 11.7. The van der Waals surface area contributed by atoms with E-state index in [1.54, 1.807) is 23.1 Å². The summed E-state index contributed by atoms with van der Waals surface area (Å²) >= 11 is 0. The molecular weight excluding hydrogens is 382 g/mol. The third kappa shape index (κ3) is 6.82. The molecule has 0 aromatic heterocycles. The number of para-hydroxylation sites is 1. The fraction of sp³-hybridized carbons (Fsp3) is 0.348. The van der Waals surface area contributed by atoms with Crippen LogP contribution in [0.1, 0.15) is 33.1 Å². The van der Waals surface area contributed by atoms with Crippen LogP contribution in [0, 0.1) is 11.3 Å². The molecule has 0 unspecified atom stereocenters. The van der Waals surface area contributed by atoms with Crippen molar-refractivity contribution in [3.8, 4) is 17.6 Å². The van der Waals surface area contributed by atoms with Crippen molar-refractivity contribution >= 4 is 23.2 Å². The summed E-state index contributed by atoms with van der Waals surface area (Å²) in [5.41, 5.74) is 1.29. The van der Waals surface area contributed by atoms with E-state index in [0.717, 1.165) is 0 Å². The highest BCUT2D eigenvalue weighted by atomic mass is 16.5. The van der Waals surface area contributed by atoms with Gasteiger partial charge in [-0.25, -0.2) is 0 Å². The van der Waals surface area contributed by atoms with E-state index in [9.17, 15) is 9.59 Å². The minimum atomic E-state index is -0.275. The van der Waals surface area contributed by atoms with Crippen molar-refractivity contribution in [2.24, 2.45) is 0 Å². The summed E-state index contributed by atoms with van der Waals surface area (Å²) in [4.78, 5) is 26.6. The van der Waals surface area contributed by atoms with E-state index in [0.29, 0.717) is 36.1 Å². The van der Waals surface area contributed by atoms with Crippen LogP contribution in [0.2, 0.25) is 0 Å². The lowest BCUT2D eigenvalue weighted by Crippen LogP contribution is -2.32. The Bertz CT molecular complexity index is 878. The van der Waals surface area contributed by atoms with Gasteiger partial charge in [-0.1, -0.05) is 18.2 Å². The number of hydrogen-bond acceptors (Lipinski definition) is 5. The number of nitrogens with zero attached hydrogens (tertiary/aromatic N) is 2. The van der Waals surface area contributed by atoms with Gasteiger partial charge in [-0.2, -0.15) is 5.26 Å². The van der Waals surface area contributed by atoms with Crippen molar-refractivity contribution < 1.29 is 19.1 Å². The summed E-state index contributed by atoms with van der Waals surface area (Å²) in [6, 6.07) is 16.4. The van der Waals surface area contributed by atoms with Gasteiger partial charge in [-0.3, -0.25) is 9.59 Å². The quantitative estimate of drug-likeness (QED) is 0.602. The van der Waals surface area contributed by atoms with Crippen LogP contribution in [0.3, 0.4) is 0 Å². The lowest BCUT2D eigenvalue weighted by molar-refractivity contribution is -0.122. The molecule has 0 saturated heterocycles. The van der Waals surface area contributed by atoms with E-state index >= 15 is 0 Å². The molecule has 2 rings (SSSR count). The number of anilines is 2. The standard InChI is InChI=1S/C23H27N3O4/c1-3-29-20-12-11-18(17-21(20)30-4-2)25-22(27)13-14-23(28)26(16-8-15-24)19-9-6-5-7-10-19/h5-7,9-12,17H,3-4,8,13-14,16H2,1-2H3,(H,25,27). The van der Waals surface area contributed by atoms with Crippen molar-refractivity contribution in [1.29, 1.82) is 5.26 Å². The summed E-state index contributed by atoms with van der Waals surface area (Å²) in [6.45, 7) is 5.04. The first-order valence-corrected chi connectivity index (χ1v) is 10.0. The zero-order valence-electron chi connectivity index (χ0n) is 17.4. The molecule has 0 radical (unpaired) electrons. The van der Waals surface area contributed by atoms with Crippen LogP contribution in [-0.2, 0) is 9.59 Å². The third-order valence-electron chi connectivity index (χ3n) is 4.21. The second-order valence-electron chi connectivity index (χ2n) is 6.36. The monoisotopic (exact) mass is 409 g/mol. The van der Waals surface area contributed by atoms with Crippen LogP contribution in [0.25, 0.3) is 0 Å². The van der Waals surface area contributed by atoms with Crippen LogP contribution < -0.4 is 19.7 Å². The first kappa shape index (κ1) is 22.8. The minimum Gasteiger partial charge on any atom is -0.490 e. The number of hydrogen-bond donors (Lipinski definition) is 1. The van der Waals surface area contributed by atoms with E-state index in [2.05, 4.69) is 11.4 Å².